The number of hydrogen-bond acceptors (Lipinski definition) is 3. The van der Waals surface area contributed by atoms with E-state index in [0.717, 1.165) is 12.5 Å². The molecule has 1 aliphatic rings. The summed E-state index contributed by atoms with van der Waals surface area (Å²) in [5.41, 5.74) is 5.94. The second-order valence-corrected chi connectivity index (χ2v) is 5.93. The molecule has 1 heterocycles. The highest BCUT2D eigenvalue weighted by molar-refractivity contribution is 5.85. The number of likely N-dealkylation sites (N-methyl/N-ethyl adjacent to an activating group) is 1. The van der Waals surface area contributed by atoms with Crippen molar-refractivity contribution >= 4 is 12.4 Å². The molecule has 0 aliphatic carbocycles. The van der Waals surface area contributed by atoms with E-state index in [0.29, 0.717) is 0 Å². The summed E-state index contributed by atoms with van der Waals surface area (Å²) < 4.78 is 0. The summed E-state index contributed by atoms with van der Waals surface area (Å²) in [5.74, 6) is 0.869. The Balaban J connectivity index is 0.00000225. The molecule has 1 rings (SSSR count). The van der Waals surface area contributed by atoms with Gasteiger partial charge in [-0.2, -0.15) is 0 Å². The maximum atomic E-state index is 6.01. The molecule has 0 aromatic rings. The number of piperidine rings is 1. The lowest BCUT2D eigenvalue weighted by Gasteiger charge is -2.33. The van der Waals surface area contributed by atoms with Crippen molar-refractivity contribution < 1.29 is 0 Å². The smallest absolute Gasteiger partial charge is 0.0225 e. The molecule has 4 heteroatoms. The van der Waals surface area contributed by atoms with E-state index < -0.39 is 0 Å². The zero-order valence-electron chi connectivity index (χ0n) is 11.2. The van der Waals surface area contributed by atoms with Gasteiger partial charge in [-0.1, -0.05) is 0 Å². The van der Waals surface area contributed by atoms with Crippen molar-refractivity contribution in [3.05, 3.63) is 0 Å². The van der Waals surface area contributed by atoms with Crippen LogP contribution in [0, 0.1) is 5.92 Å². The topological polar surface area (TPSA) is 32.5 Å². The van der Waals surface area contributed by atoms with Crippen LogP contribution < -0.4 is 5.73 Å². The van der Waals surface area contributed by atoms with Crippen molar-refractivity contribution in [2.45, 2.75) is 32.2 Å². The first-order valence-corrected chi connectivity index (χ1v) is 6.03. The van der Waals surface area contributed by atoms with Gasteiger partial charge in [0.15, 0.2) is 0 Å². The summed E-state index contributed by atoms with van der Waals surface area (Å²) in [6.07, 6.45) is 2.68. The van der Waals surface area contributed by atoms with Gasteiger partial charge in [0.1, 0.15) is 0 Å². The SMILES string of the molecule is CN1CCC(CN(C)CC(C)(C)N)CC1.Cl. The summed E-state index contributed by atoms with van der Waals surface area (Å²) in [7, 11) is 4.40. The van der Waals surface area contributed by atoms with E-state index in [4.69, 9.17) is 5.73 Å². The minimum Gasteiger partial charge on any atom is -0.324 e. The molecule has 2 N–H and O–H groups in total. The molecule has 1 fully saturated rings. The van der Waals surface area contributed by atoms with Gasteiger partial charge in [0.05, 0.1) is 0 Å². The molecule has 0 saturated carbocycles. The minimum absolute atomic E-state index is 0. The van der Waals surface area contributed by atoms with Gasteiger partial charge in [-0.15, -0.1) is 12.4 Å². The molecule has 0 aromatic heterocycles. The molecular weight excluding hydrogens is 222 g/mol. The van der Waals surface area contributed by atoms with Crippen LogP contribution in [0.1, 0.15) is 26.7 Å². The maximum Gasteiger partial charge on any atom is 0.0225 e. The Bertz CT molecular complexity index is 183. The summed E-state index contributed by atoms with van der Waals surface area (Å²) in [4.78, 5) is 4.80. The van der Waals surface area contributed by atoms with E-state index >= 15 is 0 Å². The summed E-state index contributed by atoms with van der Waals surface area (Å²) in [6, 6.07) is 0. The molecule has 16 heavy (non-hydrogen) atoms. The fourth-order valence-corrected chi connectivity index (χ4v) is 2.45. The molecule has 1 saturated heterocycles. The lowest BCUT2D eigenvalue weighted by Crippen LogP contribution is -2.46. The monoisotopic (exact) mass is 249 g/mol. The molecule has 0 spiro atoms. The normalized spacial score (nSPS) is 19.9. The van der Waals surface area contributed by atoms with Crippen molar-refractivity contribution in [3.63, 3.8) is 0 Å². The number of hydrogen-bond donors (Lipinski definition) is 1. The molecule has 1 aliphatic heterocycles. The van der Waals surface area contributed by atoms with Gasteiger partial charge in [-0.25, -0.2) is 0 Å². The maximum absolute atomic E-state index is 6.01. The average Bonchev–Trinajstić information content (AvgIpc) is 2.05. The van der Waals surface area contributed by atoms with E-state index in [1.165, 1.54) is 32.5 Å². The highest BCUT2D eigenvalue weighted by atomic mass is 35.5. The number of likely N-dealkylation sites (tertiary alicyclic amines) is 1. The van der Waals surface area contributed by atoms with Crippen LogP contribution >= 0.6 is 12.4 Å². The van der Waals surface area contributed by atoms with Gasteiger partial charge >= 0.3 is 0 Å². The second-order valence-electron chi connectivity index (χ2n) is 5.93. The van der Waals surface area contributed by atoms with E-state index in [-0.39, 0.29) is 17.9 Å². The lowest BCUT2D eigenvalue weighted by atomic mass is 9.96. The molecule has 0 unspecified atom stereocenters. The molecule has 0 radical (unpaired) electrons. The molecule has 0 atom stereocenters. The van der Waals surface area contributed by atoms with Crippen LogP contribution in [-0.2, 0) is 0 Å². The largest absolute Gasteiger partial charge is 0.324 e. The number of nitrogens with zero attached hydrogens (tertiary/aromatic N) is 2. The third-order valence-electron chi connectivity index (χ3n) is 3.09. The van der Waals surface area contributed by atoms with Gasteiger partial charge in [0.2, 0.25) is 0 Å². The van der Waals surface area contributed by atoms with E-state index in [9.17, 15) is 0 Å². The van der Waals surface area contributed by atoms with E-state index in [1.54, 1.807) is 0 Å². The van der Waals surface area contributed by atoms with E-state index in [1.807, 2.05) is 0 Å². The van der Waals surface area contributed by atoms with Gasteiger partial charge in [-0.3, -0.25) is 0 Å². The molecule has 0 bridgehead atoms. The first kappa shape index (κ1) is 16.2. The lowest BCUT2D eigenvalue weighted by molar-refractivity contribution is 0.164. The van der Waals surface area contributed by atoms with Crippen molar-refractivity contribution in [1.29, 1.82) is 0 Å². The number of rotatable bonds is 4. The Morgan fingerprint density at radius 1 is 1.31 bits per heavy atom. The summed E-state index contributed by atoms with van der Waals surface area (Å²) in [6.45, 7) is 8.89. The Labute approximate surface area is 107 Å². The highest BCUT2D eigenvalue weighted by Crippen LogP contribution is 2.17. The quantitative estimate of drug-likeness (QED) is 0.818. The van der Waals surface area contributed by atoms with Crippen LogP contribution in [0.3, 0.4) is 0 Å². The van der Waals surface area contributed by atoms with Crippen molar-refractivity contribution in [2.75, 3.05) is 40.3 Å². The summed E-state index contributed by atoms with van der Waals surface area (Å²) >= 11 is 0. The molecule has 98 valence electrons. The third-order valence-corrected chi connectivity index (χ3v) is 3.09. The van der Waals surface area contributed by atoms with Crippen LogP contribution in [0.2, 0.25) is 0 Å². The zero-order chi connectivity index (χ0) is 11.5. The second kappa shape index (κ2) is 6.80. The Morgan fingerprint density at radius 3 is 2.25 bits per heavy atom. The van der Waals surface area contributed by atoms with Gasteiger partial charge in [-0.05, 0) is 59.8 Å². The van der Waals surface area contributed by atoms with E-state index in [2.05, 4.69) is 37.7 Å². The van der Waals surface area contributed by atoms with Crippen molar-refractivity contribution in [1.82, 2.24) is 9.80 Å². The van der Waals surface area contributed by atoms with Gasteiger partial charge < -0.3 is 15.5 Å². The number of nitrogens with two attached hydrogens (primary N) is 1. The Kier molecular flexibility index (Phi) is 6.87. The van der Waals surface area contributed by atoms with Crippen LogP contribution in [0.25, 0.3) is 0 Å². The fourth-order valence-electron chi connectivity index (χ4n) is 2.45. The van der Waals surface area contributed by atoms with Crippen molar-refractivity contribution in [3.8, 4) is 0 Å². The number of halogens is 1. The third kappa shape index (κ3) is 6.69. The molecule has 0 amide bonds. The predicted octanol–water partition coefficient (Wildman–Crippen LogP) is 1.42. The Hall–Kier alpha value is 0.170. The minimum atomic E-state index is -0.0692. The predicted molar refractivity (Wildman–Crippen MR) is 73.2 cm³/mol. The van der Waals surface area contributed by atoms with Crippen LogP contribution in [0.15, 0.2) is 0 Å². The van der Waals surface area contributed by atoms with Gasteiger partial charge in [0, 0.05) is 18.6 Å². The first-order chi connectivity index (χ1) is 6.87. The average molecular weight is 250 g/mol. The van der Waals surface area contributed by atoms with Gasteiger partial charge in [0.25, 0.3) is 0 Å². The molecule has 0 aromatic carbocycles. The molecular formula is C12H28ClN3. The Morgan fingerprint density at radius 2 is 1.81 bits per heavy atom. The first-order valence-electron chi connectivity index (χ1n) is 6.03. The highest BCUT2D eigenvalue weighted by Gasteiger charge is 2.20. The zero-order valence-corrected chi connectivity index (χ0v) is 12.0. The van der Waals surface area contributed by atoms with Crippen molar-refractivity contribution in [2.24, 2.45) is 11.7 Å². The van der Waals surface area contributed by atoms with Crippen LogP contribution in [-0.4, -0.2) is 55.6 Å². The summed E-state index contributed by atoms with van der Waals surface area (Å²) in [5, 5.41) is 0. The van der Waals surface area contributed by atoms with Crippen LogP contribution in [0.4, 0.5) is 0 Å². The molecule has 3 nitrogen and oxygen atoms in total. The standard InChI is InChI=1S/C12H27N3.ClH/c1-12(2,13)10-15(4)9-11-5-7-14(3)8-6-11;/h11H,5-10,13H2,1-4H3;1H. The fraction of sp³-hybridized carbons (Fsp3) is 1.00. The van der Waals surface area contributed by atoms with Crippen LogP contribution in [0.5, 0.6) is 0 Å².